The van der Waals surface area contributed by atoms with Gasteiger partial charge in [0.15, 0.2) is 6.61 Å². The number of hydrogen-bond acceptors (Lipinski definition) is 3. The SMILES string of the molecule is N#Cc1c(Cl)cccc1OCC(=O)c1ccccc1F. The number of ketones is 1. The molecule has 2 aromatic rings. The number of nitrogens with zero attached hydrogens (tertiary/aromatic N) is 1. The third kappa shape index (κ3) is 2.95. The molecule has 0 spiro atoms. The van der Waals surface area contributed by atoms with Gasteiger partial charge in [-0.1, -0.05) is 29.8 Å². The molecule has 0 aliphatic heterocycles. The highest BCUT2D eigenvalue weighted by Gasteiger charge is 2.13. The fraction of sp³-hybridized carbons (Fsp3) is 0.0667. The van der Waals surface area contributed by atoms with Crippen LogP contribution in [0.15, 0.2) is 42.5 Å². The molecule has 3 nitrogen and oxygen atoms in total. The number of carbonyl (C=O) groups is 1. The van der Waals surface area contributed by atoms with Crippen molar-refractivity contribution in [2.45, 2.75) is 0 Å². The molecule has 0 unspecified atom stereocenters. The lowest BCUT2D eigenvalue weighted by molar-refractivity contribution is 0.0917. The van der Waals surface area contributed by atoms with E-state index in [2.05, 4.69) is 0 Å². The number of carbonyl (C=O) groups excluding carboxylic acids is 1. The minimum atomic E-state index is -0.604. The fourth-order valence-corrected chi connectivity index (χ4v) is 1.85. The van der Waals surface area contributed by atoms with E-state index < -0.39 is 11.6 Å². The maximum Gasteiger partial charge on any atom is 0.203 e. The van der Waals surface area contributed by atoms with Crippen LogP contribution in [0, 0.1) is 17.1 Å². The molecule has 0 amide bonds. The molecule has 0 atom stereocenters. The Bertz CT molecular complexity index is 695. The van der Waals surface area contributed by atoms with Crippen molar-refractivity contribution in [3.05, 3.63) is 64.4 Å². The van der Waals surface area contributed by atoms with E-state index >= 15 is 0 Å². The molecule has 0 fully saturated rings. The first kappa shape index (κ1) is 14.0. The number of hydrogen-bond donors (Lipinski definition) is 0. The molecule has 5 heteroatoms. The Kier molecular flexibility index (Phi) is 4.34. The van der Waals surface area contributed by atoms with Crippen molar-refractivity contribution in [3.8, 4) is 11.8 Å². The Morgan fingerprint density at radius 3 is 2.70 bits per heavy atom. The van der Waals surface area contributed by atoms with Gasteiger partial charge >= 0.3 is 0 Å². The molecule has 0 radical (unpaired) electrons. The van der Waals surface area contributed by atoms with Gasteiger partial charge < -0.3 is 4.74 Å². The number of Topliss-reactive ketones (excluding diaryl/α,β-unsaturated/α-hetero) is 1. The average molecular weight is 290 g/mol. The molecule has 0 saturated heterocycles. The van der Waals surface area contributed by atoms with E-state index in [0.29, 0.717) is 0 Å². The van der Waals surface area contributed by atoms with Gasteiger partial charge in [0.25, 0.3) is 0 Å². The van der Waals surface area contributed by atoms with Gasteiger partial charge in [0.2, 0.25) is 5.78 Å². The minimum absolute atomic E-state index is 0.0481. The predicted octanol–water partition coefficient (Wildman–Crippen LogP) is 3.61. The van der Waals surface area contributed by atoms with E-state index in [0.717, 1.165) is 0 Å². The molecule has 0 aromatic heterocycles. The van der Waals surface area contributed by atoms with Crippen LogP contribution in [0.2, 0.25) is 5.02 Å². The lowest BCUT2D eigenvalue weighted by Crippen LogP contribution is -2.13. The van der Waals surface area contributed by atoms with Crippen molar-refractivity contribution >= 4 is 17.4 Å². The van der Waals surface area contributed by atoms with Crippen molar-refractivity contribution < 1.29 is 13.9 Å². The van der Waals surface area contributed by atoms with E-state index in [9.17, 15) is 9.18 Å². The number of ether oxygens (including phenoxy) is 1. The fourth-order valence-electron chi connectivity index (χ4n) is 1.64. The van der Waals surface area contributed by atoms with E-state index in [1.165, 1.54) is 24.3 Å². The molecule has 2 rings (SSSR count). The van der Waals surface area contributed by atoms with Crippen LogP contribution in [-0.2, 0) is 0 Å². The average Bonchev–Trinajstić information content (AvgIpc) is 2.45. The first-order chi connectivity index (χ1) is 9.63. The molecule has 0 N–H and O–H groups in total. The van der Waals surface area contributed by atoms with Crippen molar-refractivity contribution in [2.24, 2.45) is 0 Å². The molecule has 0 saturated carbocycles. The number of halogens is 2. The van der Waals surface area contributed by atoms with Gasteiger partial charge in [-0.25, -0.2) is 4.39 Å². The van der Waals surface area contributed by atoms with Gasteiger partial charge in [-0.05, 0) is 24.3 Å². The zero-order chi connectivity index (χ0) is 14.5. The highest BCUT2D eigenvalue weighted by atomic mass is 35.5. The van der Waals surface area contributed by atoms with Crippen LogP contribution in [-0.4, -0.2) is 12.4 Å². The van der Waals surface area contributed by atoms with Gasteiger partial charge in [-0.15, -0.1) is 0 Å². The molecule has 0 aliphatic rings. The van der Waals surface area contributed by atoms with Crippen LogP contribution in [0.4, 0.5) is 4.39 Å². The van der Waals surface area contributed by atoms with Gasteiger partial charge in [0.1, 0.15) is 23.2 Å². The van der Waals surface area contributed by atoms with Crippen LogP contribution in [0.25, 0.3) is 0 Å². The van der Waals surface area contributed by atoms with Crippen molar-refractivity contribution in [2.75, 3.05) is 6.61 Å². The second kappa shape index (κ2) is 6.18. The standard InChI is InChI=1S/C15H9ClFNO2/c16-12-5-3-7-15(11(12)8-18)20-9-14(19)10-4-1-2-6-13(10)17/h1-7H,9H2. The third-order valence-corrected chi connectivity index (χ3v) is 2.94. The third-order valence-electron chi connectivity index (χ3n) is 2.62. The zero-order valence-corrected chi connectivity index (χ0v) is 11.0. The molecule has 2 aromatic carbocycles. The Balaban J connectivity index is 2.14. The Morgan fingerprint density at radius 2 is 2.00 bits per heavy atom. The zero-order valence-electron chi connectivity index (χ0n) is 10.3. The van der Waals surface area contributed by atoms with E-state index in [1.807, 2.05) is 6.07 Å². The summed E-state index contributed by atoms with van der Waals surface area (Å²) < 4.78 is 18.7. The van der Waals surface area contributed by atoms with E-state index in [-0.39, 0.29) is 28.5 Å². The van der Waals surface area contributed by atoms with Crippen LogP contribution in [0.1, 0.15) is 15.9 Å². The second-order valence-electron chi connectivity index (χ2n) is 3.92. The summed E-state index contributed by atoms with van der Waals surface area (Å²) in [5.41, 5.74) is 0.100. The lowest BCUT2D eigenvalue weighted by Gasteiger charge is -2.08. The molecular formula is C15H9ClFNO2. The molecule has 100 valence electrons. The largest absolute Gasteiger partial charge is 0.484 e. The van der Waals surface area contributed by atoms with E-state index in [1.54, 1.807) is 18.2 Å². The summed E-state index contributed by atoms with van der Waals surface area (Å²) in [5, 5.41) is 9.21. The smallest absolute Gasteiger partial charge is 0.203 e. The maximum absolute atomic E-state index is 13.4. The van der Waals surface area contributed by atoms with Crippen molar-refractivity contribution in [3.63, 3.8) is 0 Å². The van der Waals surface area contributed by atoms with Gasteiger partial charge in [0, 0.05) is 0 Å². The number of rotatable bonds is 4. The van der Waals surface area contributed by atoms with Crippen LogP contribution in [0.5, 0.6) is 5.75 Å². The summed E-state index contributed by atoms with van der Waals surface area (Å²) in [6.45, 7) is -0.365. The van der Waals surface area contributed by atoms with Crippen LogP contribution in [0.3, 0.4) is 0 Å². The first-order valence-electron chi connectivity index (χ1n) is 5.72. The van der Waals surface area contributed by atoms with E-state index in [4.69, 9.17) is 21.6 Å². The first-order valence-corrected chi connectivity index (χ1v) is 6.10. The van der Waals surface area contributed by atoms with Crippen molar-refractivity contribution in [1.82, 2.24) is 0 Å². The van der Waals surface area contributed by atoms with Crippen LogP contribution >= 0.6 is 11.6 Å². The number of benzene rings is 2. The molecular weight excluding hydrogens is 281 g/mol. The van der Waals surface area contributed by atoms with Crippen molar-refractivity contribution in [1.29, 1.82) is 5.26 Å². The Morgan fingerprint density at radius 1 is 1.25 bits per heavy atom. The van der Waals surface area contributed by atoms with Gasteiger partial charge in [-0.2, -0.15) is 5.26 Å². The summed E-state index contributed by atoms with van der Waals surface area (Å²) in [5.74, 6) is -0.913. The monoisotopic (exact) mass is 289 g/mol. The summed E-state index contributed by atoms with van der Waals surface area (Å²) >= 11 is 5.84. The summed E-state index contributed by atoms with van der Waals surface area (Å²) in [7, 11) is 0. The molecule has 0 aliphatic carbocycles. The summed E-state index contributed by atoms with van der Waals surface area (Å²) in [6, 6.07) is 12.2. The second-order valence-corrected chi connectivity index (χ2v) is 4.32. The Labute approximate surface area is 120 Å². The number of nitriles is 1. The highest BCUT2D eigenvalue weighted by Crippen LogP contribution is 2.25. The molecule has 0 heterocycles. The topological polar surface area (TPSA) is 50.1 Å². The van der Waals surface area contributed by atoms with Gasteiger partial charge in [0.05, 0.1) is 10.6 Å². The minimum Gasteiger partial charge on any atom is -0.484 e. The molecule has 20 heavy (non-hydrogen) atoms. The maximum atomic E-state index is 13.4. The summed E-state index contributed by atoms with van der Waals surface area (Å²) in [4.78, 5) is 11.8. The highest BCUT2D eigenvalue weighted by molar-refractivity contribution is 6.31. The molecule has 0 bridgehead atoms. The predicted molar refractivity (Wildman–Crippen MR) is 72.4 cm³/mol. The van der Waals surface area contributed by atoms with Gasteiger partial charge in [-0.3, -0.25) is 4.79 Å². The Hall–Kier alpha value is -2.38. The quantitative estimate of drug-likeness (QED) is 0.808. The lowest BCUT2D eigenvalue weighted by atomic mass is 10.1. The normalized spacial score (nSPS) is 9.85. The van der Waals surface area contributed by atoms with Crippen LogP contribution < -0.4 is 4.74 Å². The summed E-state index contributed by atoms with van der Waals surface area (Å²) in [6.07, 6.45) is 0.